The molecule has 1 aromatic carbocycles. The highest BCUT2D eigenvalue weighted by atomic mass is 35.5. The first-order valence-corrected chi connectivity index (χ1v) is 7.59. The van der Waals surface area contributed by atoms with Crippen LogP contribution in [0.15, 0.2) is 29.2 Å². The van der Waals surface area contributed by atoms with Crippen molar-refractivity contribution in [1.82, 2.24) is 4.31 Å². The summed E-state index contributed by atoms with van der Waals surface area (Å²) in [6.07, 6.45) is 4.14. The smallest absolute Gasteiger partial charge is 0.269 e. The van der Waals surface area contributed by atoms with Gasteiger partial charge in [0.1, 0.15) is 0 Å². The Balaban J connectivity index is 2.63. The molecule has 0 aliphatic heterocycles. The number of benzene rings is 1. The van der Waals surface area contributed by atoms with Gasteiger partial charge in [0.2, 0.25) is 0 Å². The first kappa shape index (κ1) is 16.8. The van der Waals surface area contributed by atoms with E-state index in [-0.39, 0.29) is 5.69 Å². The molecule has 0 fully saturated rings. The molecule has 0 radical (unpaired) electrons. The molecule has 0 bridgehead atoms. The minimum atomic E-state index is -0.557. The van der Waals surface area contributed by atoms with E-state index in [1.165, 1.54) is 16.4 Å². The van der Waals surface area contributed by atoms with E-state index >= 15 is 0 Å². The first-order chi connectivity index (χ1) is 9.54. The van der Waals surface area contributed by atoms with Gasteiger partial charge in [-0.2, -0.15) is 0 Å². The van der Waals surface area contributed by atoms with E-state index in [1.807, 2.05) is 0 Å². The molecule has 20 heavy (non-hydrogen) atoms. The summed E-state index contributed by atoms with van der Waals surface area (Å²) >= 11 is 6.67. The van der Waals surface area contributed by atoms with Crippen LogP contribution in [0, 0.1) is 10.1 Å². The third-order valence-electron chi connectivity index (χ3n) is 2.65. The SMILES string of the molecule is CCCCCCN(Sc1cccc([N+](=O)[O-])c1)C(=O)Cl. The second-order valence-electron chi connectivity index (χ2n) is 4.26. The fourth-order valence-electron chi connectivity index (χ4n) is 1.63. The number of carbonyl (C=O) groups excluding carboxylic acids is 1. The van der Waals surface area contributed by atoms with Gasteiger partial charge in [-0.15, -0.1) is 0 Å². The van der Waals surface area contributed by atoms with Crippen LogP contribution in [0.25, 0.3) is 0 Å². The van der Waals surface area contributed by atoms with Crippen molar-refractivity contribution in [2.45, 2.75) is 37.5 Å². The van der Waals surface area contributed by atoms with Crippen molar-refractivity contribution >= 4 is 34.6 Å². The number of rotatable bonds is 8. The molecule has 0 saturated carbocycles. The van der Waals surface area contributed by atoms with Crippen LogP contribution in [0.3, 0.4) is 0 Å². The van der Waals surface area contributed by atoms with Crippen molar-refractivity contribution < 1.29 is 9.72 Å². The fourth-order valence-corrected chi connectivity index (χ4v) is 2.68. The molecule has 110 valence electrons. The lowest BCUT2D eigenvalue weighted by Crippen LogP contribution is -2.19. The first-order valence-electron chi connectivity index (χ1n) is 6.44. The maximum absolute atomic E-state index is 11.4. The van der Waals surface area contributed by atoms with Crippen molar-refractivity contribution in [3.05, 3.63) is 34.4 Å². The lowest BCUT2D eigenvalue weighted by Gasteiger charge is -2.17. The number of nitrogens with zero attached hydrogens (tertiary/aromatic N) is 2. The maximum Gasteiger partial charge on any atom is 0.326 e. The summed E-state index contributed by atoms with van der Waals surface area (Å²) in [6, 6.07) is 6.16. The number of non-ortho nitro benzene ring substituents is 1. The van der Waals surface area contributed by atoms with E-state index in [0.717, 1.165) is 37.6 Å². The molecule has 7 heteroatoms. The van der Waals surface area contributed by atoms with Crippen LogP contribution < -0.4 is 0 Å². The lowest BCUT2D eigenvalue weighted by atomic mass is 10.2. The Morgan fingerprint density at radius 2 is 2.15 bits per heavy atom. The van der Waals surface area contributed by atoms with E-state index in [4.69, 9.17) is 11.6 Å². The van der Waals surface area contributed by atoms with Gasteiger partial charge in [-0.3, -0.25) is 19.2 Å². The quantitative estimate of drug-likeness (QED) is 0.172. The summed E-state index contributed by atoms with van der Waals surface area (Å²) in [5, 5.41) is 10.1. The van der Waals surface area contributed by atoms with Gasteiger partial charge in [0, 0.05) is 23.6 Å². The van der Waals surface area contributed by atoms with Gasteiger partial charge in [-0.05, 0) is 36.0 Å². The Morgan fingerprint density at radius 3 is 2.75 bits per heavy atom. The van der Waals surface area contributed by atoms with Crippen LogP contribution in [0.4, 0.5) is 10.5 Å². The molecule has 5 nitrogen and oxygen atoms in total. The minimum absolute atomic E-state index is 0.00274. The summed E-state index contributed by atoms with van der Waals surface area (Å²) in [5.41, 5.74) is 0.00274. The fraction of sp³-hybridized carbons (Fsp3) is 0.462. The molecule has 0 unspecified atom stereocenters. The van der Waals surface area contributed by atoms with Gasteiger partial charge in [0.05, 0.1) is 4.92 Å². The predicted molar refractivity (Wildman–Crippen MR) is 81.1 cm³/mol. The van der Waals surface area contributed by atoms with E-state index in [1.54, 1.807) is 12.1 Å². The number of nitro groups is 1. The zero-order chi connectivity index (χ0) is 15.0. The molecule has 0 N–H and O–H groups in total. The Bertz CT molecular complexity index is 471. The molecule has 0 saturated heterocycles. The van der Waals surface area contributed by atoms with E-state index in [2.05, 4.69) is 6.92 Å². The highest BCUT2D eigenvalue weighted by Gasteiger charge is 2.14. The number of hydrogen-bond acceptors (Lipinski definition) is 4. The third kappa shape index (κ3) is 5.79. The van der Waals surface area contributed by atoms with Gasteiger partial charge in [-0.1, -0.05) is 32.3 Å². The average molecular weight is 317 g/mol. The number of nitro benzene ring substituents is 1. The topological polar surface area (TPSA) is 63.4 Å². The number of amides is 1. The van der Waals surface area contributed by atoms with Crippen molar-refractivity contribution in [3.8, 4) is 0 Å². The van der Waals surface area contributed by atoms with Gasteiger partial charge in [0.25, 0.3) is 5.69 Å². The lowest BCUT2D eigenvalue weighted by molar-refractivity contribution is -0.385. The molecule has 1 aromatic rings. The summed E-state index contributed by atoms with van der Waals surface area (Å²) in [5.74, 6) is 0. The van der Waals surface area contributed by atoms with E-state index < -0.39 is 10.3 Å². The predicted octanol–water partition coefficient (Wildman–Crippen LogP) is 4.84. The second kappa shape index (κ2) is 8.81. The van der Waals surface area contributed by atoms with E-state index in [0.29, 0.717) is 11.4 Å². The molecular formula is C13H17ClN2O3S. The Hall–Kier alpha value is -1.27. The molecule has 0 aromatic heterocycles. The number of carbonyl (C=O) groups is 1. The molecule has 0 atom stereocenters. The van der Waals surface area contributed by atoms with Gasteiger partial charge in [0.15, 0.2) is 0 Å². The second-order valence-corrected chi connectivity index (χ2v) is 5.68. The Labute approximate surface area is 127 Å². The summed E-state index contributed by atoms with van der Waals surface area (Å²) in [7, 11) is 0. The zero-order valence-corrected chi connectivity index (χ0v) is 12.8. The minimum Gasteiger partial charge on any atom is -0.269 e. The van der Waals surface area contributed by atoms with Crippen LogP contribution in [0.2, 0.25) is 0 Å². The van der Waals surface area contributed by atoms with Crippen LogP contribution >= 0.6 is 23.5 Å². The maximum atomic E-state index is 11.4. The molecule has 1 rings (SSSR count). The molecular weight excluding hydrogens is 300 g/mol. The van der Waals surface area contributed by atoms with Crippen LogP contribution in [-0.4, -0.2) is 21.1 Å². The van der Waals surface area contributed by atoms with Crippen molar-refractivity contribution in [2.24, 2.45) is 0 Å². The summed E-state index contributed by atoms with van der Waals surface area (Å²) in [6.45, 7) is 2.65. The third-order valence-corrected chi connectivity index (χ3v) is 3.99. The number of hydrogen-bond donors (Lipinski definition) is 0. The van der Waals surface area contributed by atoms with Gasteiger partial charge < -0.3 is 0 Å². The number of unbranched alkanes of at least 4 members (excludes halogenated alkanes) is 3. The highest BCUT2D eigenvalue weighted by Crippen LogP contribution is 2.27. The van der Waals surface area contributed by atoms with E-state index in [9.17, 15) is 14.9 Å². The van der Waals surface area contributed by atoms with Crippen LogP contribution in [0.1, 0.15) is 32.6 Å². The highest BCUT2D eigenvalue weighted by molar-refractivity contribution is 7.97. The average Bonchev–Trinajstić information content (AvgIpc) is 2.42. The normalized spacial score (nSPS) is 10.3. The van der Waals surface area contributed by atoms with Gasteiger partial charge in [-0.25, -0.2) is 0 Å². The monoisotopic (exact) mass is 316 g/mol. The molecule has 0 aliphatic carbocycles. The Morgan fingerprint density at radius 1 is 1.40 bits per heavy atom. The molecule has 1 amide bonds. The largest absolute Gasteiger partial charge is 0.326 e. The van der Waals surface area contributed by atoms with Crippen molar-refractivity contribution in [3.63, 3.8) is 0 Å². The number of halogens is 1. The van der Waals surface area contributed by atoms with Crippen molar-refractivity contribution in [1.29, 1.82) is 0 Å². The standard InChI is InChI=1S/C13H17ClN2O3S/c1-2-3-4-5-9-15(13(14)17)20-12-8-6-7-11(10-12)16(18)19/h6-8,10H,2-5,9H2,1H3. The molecule has 0 aliphatic rings. The van der Waals surface area contributed by atoms with Crippen LogP contribution in [-0.2, 0) is 0 Å². The van der Waals surface area contributed by atoms with Gasteiger partial charge >= 0.3 is 5.37 Å². The Kier molecular flexibility index (Phi) is 7.40. The summed E-state index contributed by atoms with van der Waals surface area (Å²) in [4.78, 5) is 22.2. The summed E-state index contributed by atoms with van der Waals surface area (Å²) < 4.78 is 1.43. The van der Waals surface area contributed by atoms with Crippen LogP contribution in [0.5, 0.6) is 0 Å². The van der Waals surface area contributed by atoms with Crippen molar-refractivity contribution in [2.75, 3.05) is 6.54 Å². The molecule has 0 spiro atoms. The zero-order valence-electron chi connectivity index (χ0n) is 11.3. The molecule has 0 heterocycles.